The first-order valence-corrected chi connectivity index (χ1v) is 8.53. The molecule has 2 amide bonds. The van der Waals surface area contributed by atoms with E-state index in [1.54, 1.807) is 29.4 Å². The van der Waals surface area contributed by atoms with Gasteiger partial charge in [-0.2, -0.15) is 0 Å². The lowest BCUT2D eigenvalue weighted by Crippen LogP contribution is -2.43. The summed E-state index contributed by atoms with van der Waals surface area (Å²) >= 11 is 0. The van der Waals surface area contributed by atoms with Crippen LogP contribution >= 0.6 is 0 Å². The van der Waals surface area contributed by atoms with Crippen molar-refractivity contribution >= 4 is 18.1 Å². The minimum absolute atomic E-state index is 0.288. The van der Waals surface area contributed by atoms with E-state index < -0.39 is 6.23 Å². The van der Waals surface area contributed by atoms with E-state index in [1.807, 2.05) is 13.0 Å². The van der Waals surface area contributed by atoms with Crippen molar-refractivity contribution in [2.75, 3.05) is 13.1 Å². The Bertz CT molecular complexity index is 554. The lowest BCUT2D eigenvalue weighted by molar-refractivity contribution is -0.119. The number of aromatic nitrogens is 1. The quantitative estimate of drug-likeness (QED) is 0.642. The Hall–Kier alpha value is -2.37. The number of pyridine rings is 1. The first-order chi connectivity index (χ1) is 11.7. The number of nitrogens with one attached hydrogen (secondary N) is 1. The van der Waals surface area contributed by atoms with Crippen molar-refractivity contribution in [2.45, 2.75) is 45.3 Å². The first kappa shape index (κ1) is 18.0. The van der Waals surface area contributed by atoms with Crippen LogP contribution in [-0.4, -0.2) is 41.2 Å². The maximum atomic E-state index is 12.2. The smallest absolute Gasteiger partial charge is 0.411 e. The molecule has 1 atom stereocenters. The van der Waals surface area contributed by atoms with Crippen LogP contribution in [0.15, 0.2) is 30.6 Å². The normalized spacial score (nSPS) is 16.0. The molecule has 0 bridgehead atoms. The number of likely N-dealkylation sites (tertiary alicyclic amines) is 1. The maximum absolute atomic E-state index is 12.2. The summed E-state index contributed by atoms with van der Waals surface area (Å²) in [4.78, 5) is 29.9. The van der Waals surface area contributed by atoms with Crippen molar-refractivity contribution in [3.63, 3.8) is 0 Å². The Morgan fingerprint density at radius 1 is 1.38 bits per heavy atom. The molecule has 1 fully saturated rings. The zero-order valence-electron chi connectivity index (χ0n) is 14.1. The lowest BCUT2D eigenvalue weighted by atomic mass is 10.1. The van der Waals surface area contributed by atoms with Gasteiger partial charge in [0.15, 0.2) is 6.23 Å². The number of carbonyl (C=O) groups is 2. The fourth-order valence-corrected chi connectivity index (χ4v) is 2.55. The van der Waals surface area contributed by atoms with E-state index in [0.717, 1.165) is 44.3 Å². The molecule has 1 N–H and O–H groups in total. The van der Waals surface area contributed by atoms with Crippen LogP contribution < -0.4 is 5.32 Å². The molecule has 2 heterocycles. The minimum Gasteiger partial charge on any atom is -0.425 e. The molecule has 1 aromatic heterocycles. The molecule has 0 spiro atoms. The van der Waals surface area contributed by atoms with Crippen LogP contribution in [0.3, 0.4) is 0 Å². The average Bonchev–Trinajstić information content (AvgIpc) is 2.62. The van der Waals surface area contributed by atoms with Crippen molar-refractivity contribution in [2.24, 2.45) is 0 Å². The van der Waals surface area contributed by atoms with Crippen LogP contribution in [0, 0.1) is 0 Å². The summed E-state index contributed by atoms with van der Waals surface area (Å²) in [5.41, 5.74) is 0.838. The van der Waals surface area contributed by atoms with Crippen molar-refractivity contribution in [3.05, 3.63) is 36.2 Å². The van der Waals surface area contributed by atoms with E-state index in [4.69, 9.17) is 4.74 Å². The molecule has 1 aliphatic heterocycles. The lowest BCUT2D eigenvalue weighted by Gasteiger charge is -2.28. The molecule has 6 heteroatoms. The monoisotopic (exact) mass is 331 g/mol. The van der Waals surface area contributed by atoms with Gasteiger partial charge in [-0.05, 0) is 37.0 Å². The number of ether oxygens (including phenoxy) is 1. The highest BCUT2D eigenvalue weighted by Crippen LogP contribution is 2.11. The molecule has 0 radical (unpaired) electrons. The Balaban J connectivity index is 1.86. The second-order valence-corrected chi connectivity index (χ2v) is 5.84. The number of piperidine rings is 1. The topological polar surface area (TPSA) is 71.5 Å². The van der Waals surface area contributed by atoms with Gasteiger partial charge in [0.1, 0.15) is 0 Å². The SMILES string of the molecule is CCCC(NC(=O)/C=C/c1cccnc1)OC(=O)N1CCCCC1. The average molecular weight is 331 g/mol. The third-order valence-electron chi connectivity index (χ3n) is 3.82. The van der Waals surface area contributed by atoms with Crippen LogP contribution in [0.2, 0.25) is 0 Å². The second-order valence-electron chi connectivity index (χ2n) is 5.84. The predicted octanol–water partition coefficient (Wildman–Crippen LogP) is 2.96. The molecule has 0 aromatic carbocycles. The molecular formula is C18H25N3O3. The summed E-state index contributed by atoms with van der Waals surface area (Å²) < 4.78 is 5.46. The van der Waals surface area contributed by atoms with Crippen LogP contribution in [-0.2, 0) is 9.53 Å². The highest BCUT2D eigenvalue weighted by molar-refractivity contribution is 5.91. The maximum Gasteiger partial charge on any atom is 0.411 e. The van der Waals surface area contributed by atoms with E-state index >= 15 is 0 Å². The van der Waals surface area contributed by atoms with Crippen molar-refractivity contribution in [1.29, 1.82) is 0 Å². The van der Waals surface area contributed by atoms with Crippen molar-refractivity contribution in [1.82, 2.24) is 15.2 Å². The van der Waals surface area contributed by atoms with Gasteiger partial charge < -0.3 is 15.0 Å². The van der Waals surface area contributed by atoms with Crippen LogP contribution in [0.25, 0.3) is 6.08 Å². The van der Waals surface area contributed by atoms with Gasteiger partial charge in [-0.3, -0.25) is 9.78 Å². The number of hydrogen-bond donors (Lipinski definition) is 1. The molecule has 0 aliphatic carbocycles. The van der Waals surface area contributed by atoms with Crippen molar-refractivity contribution < 1.29 is 14.3 Å². The standard InChI is InChI=1S/C18H25N3O3/c1-2-7-17(24-18(23)21-12-4-3-5-13-21)20-16(22)10-9-15-8-6-11-19-14-15/h6,8-11,14,17H,2-5,7,12-13H2,1H3,(H,20,22)/b10-9+. The predicted molar refractivity (Wildman–Crippen MR) is 92.0 cm³/mol. The molecule has 1 saturated heterocycles. The van der Waals surface area contributed by atoms with Gasteiger partial charge in [-0.25, -0.2) is 4.79 Å². The van der Waals surface area contributed by atoms with Gasteiger partial charge in [-0.1, -0.05) is 19.4 Å². The highest BCUT2D eigenvalue weighted by Gasteiger charge is 2.22. The molecule has 24 heavy (non-hydrogen) atoms. The molecule has 2 rings (SSSR count). The first-order valence-electron chi connectivity index (χ1n) is 8.53. The summed E-state index contributed by atoms with van der Waals surface area (Å²) in [6, 6.07) is 3.66. The Morgan fingerprint density at radius 2 is 2.17 bits per heavy atom. The Morgan fingerprint density at radius 3 is 2.83 bits per heavy atom. The number of nitrogens with zero attached hydrogens (tertiary/aromatic N) is 2. The zero-order valence-corrected chi connectivity index (χ0v) is 14.1. The van der Waals surface area contributed by atoms with Gasteiger partial charge >= 0.3 is 6.09 Å². The van der Waals surface area contributed by atoms with Gasteiger partial charge in [0.2, 0.25) is 5.91 Å². The van der Waals surface area contributed by atoms with E-state index in [2.05, 4.69) is 10.3 Å². The summed E-state index contributed by atoms with van der Waals surface area (Å²) in [6.45, 7) is 3.44. The summed E-state index contributed by atoms with van der Waals surface area (Å²) in [6.07, 6.45) is 10.1. The molecule has 0 saturated carbocycles. The second kappa shape index (κ2) is 9.70. The minimum atomic E-state index is -0.601. The molecule has 1 aromatic rings. The van der Waals surface area contributed by atoms with Crippen molar-refractivity contribution in [3.8, 4) is 0 Å². The van der Waals surface area contributed by atoms with Gasteiger partial charge in [0, 0.05) is 38.0 Å². The van der Waals surface area contributed by atoms with Gasteiger partial charge in [0.05, 0.1) is 0 Å². The Kier molecular flexibility index (Phi) is 7.26. The number of hydrogen-bond acceptors (Lipinski definition) is 4. The van der Waals surface area contributed by atoms with Crippen LogP contribution in [0.4, 0.5) is 4.79 Å². The number of carbonyl (C=O) groups excluding carboxylic acids is 2. The summed E-state index contributed by atoms with van der Waals surface area (Å²) in [5, 5.41) is 2.74. The molecule has 6 nitrogen and oxygen atoms in total. The van der Waals surface area contributed by atoms with E-state index in [1.165, 1.54) is 6.08 Å². The fourth-order valence-electron chi connectivity index (χ4n) is 2.55. The molecule has 1 aliphatic rings. The molecule has 1 unspecified atom stereocenters. The van der Waals surface area contributed by atoms with E-state index in [-0.39, 0.29) is 12.0 Å². The van der Waals surface area contributed by atoms with Gasteiger partial charge in [-0.15, -0.1) is 0 Å². The van der Waals surface area contributed by atoms with E-state index in [9.17, 15) is 9.59 Å². The third kappa shape index (κ3) is 6.02. The zero-order chi connectivity index (χ0) is 17.2. The number of amides is 2. The van der Waals surface area contributed by atoms with E-state index in [0.29, 0.717) is 6.42 Å². The van der Waals surface area contributed by atoms with Crippen LogP contribution in [0.5, 0.6) is 0 Å². The van der Waals surface area contributed by atoms with Gasteiger partial charge in [0.25, 0.3) is 0 Å². The summed E-state index contributed by atoms with van der Waals surface area (Å²) in [7, 11) is 0. The fraction of sp³-hybridized carbons (Fsp3) is 0.500. The third-order valence-corrected chi connectivity index (χ3v) is 3.82. The Labute approximate surface area is 142 Å². The molecule has 130 valence electrons. The van der Waals surface area contributed by atoms with Crippen LogP contribution in [0.1, 0.15) is 44.6 Å². The number of rotatable bonds is 6. The largest absolute Gasteiger partial charge is 0.425 e. The highest BCUT2D eigenvalue weighted by atomic mass is 16.6. The molecular weight excluding hydrogens is 306 g/mol. The summed E-state index contributed by atoms with van der Waals surface area (Å²) in [5.74, 6) is -0.288.